The van der Waals surface area contributed by atoms with E-state index in [4.69, 9.17) is 13.9 Å². The molecular weight excluding hydrogens is 444 g/mol. The quantitative estimate of drug-likeness (QED) is 0.104. The van der Waals surface area contributed by atoms with E-state index in [-0.39, 0.29) is 11.6 Å². The van der Waals surface area contributed by atoms with Crippen molar-refractivity contribution in [2.45, 2.75) is 50.7 Å². The van der Waals surface area contributed by atoms with Crippen LogP contribution >= 0.6 is 11.8 Å². The highest BCUT2D eigenvalue weighted by molar-refractivity contribution is 8.02. The number of esters is 2. The first-order valence-electron chi connectivity index (χ1n) is 10.2. The molecule has 0 aromatic heterocycles. The zero-order valence-electron chi connectivity index (χ0n) is 20.2. The second-order valence-corrected chi connectivity index (χ2v) is 14.2. The molecule has 0 aliphatic rings. The van der Waals surface area contributed by atoms with Crippen LogP contribution < -0.4 is 4.74 Å². The molecule has 0 saturated carbocycles. The topological polar surface area (TPSA) is 71.1 Å². The number of carbonyl (C=O) groups is 2. The summed E-state index contributed by atoms with van der Waals surface area (Å²) in [4.78, 5) is 24.7. The fraction of sp³-hybridized carbons (Fsp3) is 0.417. The Labute approximate surface area is 196 Å². The van der Waals surface area contributed by atoms with Crippen LogP contribution in [0.25, 0.3) is 0 Å². The maximum Gasteiger partial charge on any atom is 0.337 e. The first-order chi connectivity index (χ1) is 14.9. The molecule has 1 aromatic rings. The van der Waals surface area contributed by atoms with Crippen LogP contribution in [0.3, 0.4) is 0 Å². The number of benzene rings is 1. The van der Waals surface area contributed by atoms with Gasteiger partial charge in [-0.05, 0) is 66.9 Å². The predicted octanol–water partition coefficient (Wildman–Crippen LogP) is 5.87. The molecule has 0 spiro atoms. The molecule has 0 fully saturated rings. The van der Waals surface area contributed by atoms with E-state index in [0.29, 0.717) is 11.3 Å². The molecular formula is C24H34O6SSi. The Balaban J connectivity index is 3.04. The normalized spacial score (nSPS) is 13.1. The van der Waals surface area contributed by atoms with Crippen molar-refractivity contribution in [3.05, 3.63) is 59.2 Å². The summed E-state index contributed by atoms with van der Waals surface area (Å²) in [6.45, 7) is 12.3. The third-order valence-electron chi connectivity index (χ3n) is 5.10. The number of allylic oxidation sites excluding steroid dienone is 1. The van der Waals surface area contributed by atoms with Gasteiger partial charge in [-0.15, -0.1) is 0 Å². The molecule has 8 heteroatoms. The van der Waals surface area contributed by atoms with E-state index in [1.54, 1.807) is 20.1 Å². The van der Waals surface area contributed by atoms with Crippen LogP contribution in [0.1, 0.15) is 27.7 Å². The van der Waals surface area contributed by atoms with Gasteiger partial charge in [-0.2, -0.15) is 0 Å². The van der Waals surface area contributed by atoms with E-state index in [0.717, 1.165) is 10.6 Å². The van der Waals surface area contributed by atoms with Crippen LogP contribution in [0.4, 0.5) is 0 Å². The number of hydrogen-bond donors (Lipinski definition) is 0. The average Bonchev–Trinajstić information content (AvgIpc) is 2.74. The molecule has 0 aliphatic heterocycles. The van der Waals surface area contributed by atoms with Gasteiger partial charge in [-0.25, -0.2) is 9.59 Å². The van der Waals surface area contributed by atoms with E-state index in [1.165, 1.54) is 31.0 Å². The minimum atomic E-state index is -2.19. The minimum absolute atomic E-state index is 0.0387. The van der Waals surface area contributed by atoms with Gasteiger partial charge in [0.25, 0.3) is 0 Å². The Bertz CT molecular complexity index is 863. The van der Waals surface area contributed by atoms with Gasteiger partial charge in [0.15, 0.2) is 0 Å². The van der Waals surface area contributed by atoms with Crippen LogP contribution in [0.15, 0.2) is 64.1 Å². The van der Waals surface area contributed by atoms with Gasteiger partial charge in [-0.1, -0.05) is 32.5 Å². The maximum absolute atomic E-state index is 12.6. The summed E-state index contributed by atoms with van der Waals surface area (Å²) in [7, 11) is 0.719. The molecule has 0 saturated heterocycles. The number of thioether (sulfide) groups is 1. The number of ether oxygens (including phenoxy) is 3. The second kappa shape index (κ2) is 12.5. The van der Waals surface area contributed by atoms with Crippen molar-refractivity contribution in [1.29, 1.82) is 0 Å². The van der Waals surface area contributed by atoms with Gasteiger partial charge >= 0.3 is 11.9 Å². The highest BCUT2D eigenvalue weighted by Crippen LogP contribution is 2.38. The summed E-state index contributed by atoms with van der Waals surface area (Å²) >= 11 is 1.51. The van der Waals surface area contributed by atoms with Crippen molar-refractivity contribution in [2.75, 3.05) is 20.8 Å². The molecule has 1 aromatic carbocycles. The van der Waals surface area contributed by atoms with Crippen LogP contribution in [0.2, 0.25) is 18.1 Å². The highest BCUT2D eigenvalue weighted by Gasteiger charge is 2.39. The zero-order chi connectivity index (χ0) is 24.4. The minimum Gasteiger partial charge on any atom is -0.543 e. The lowest BCUT2D eigenvalue weighted by Crippen LogP contribution is -2.40. The number of methoxy groups -OCH3 is 2. The van der Waals surface area contributed by atoms with E-state index in [9.17, 15) is 9.59 Å². The van der Waals surface area contributed by atoms with Gasteiger partial charge in [0, 0.05) is 11.0 Å². The van der Waals surface area contributed by atoms with Gasteiger partial charge in [0.1, 0.15) is 18.1 Å². The summed E-state index contributed by atoms with van der Waals surface area (Å²) in [5.41, 5.74) is 0.368. The number of carbonyl (C=O) groups excluding carboxylic acids is 2. The molecule has 32 heavy (non-hydrogen) atoms. The van der Waals surface area contributed by atoms with Crippen LogP contribution in [0, 0.1) is 0 Å². The van der Waals surface area contributed by atoms with Gasteiger partial charge in [0.05, 0.1) is 19.8 Å². The SMILES string of the molecule is COC(=O)/C=C/COC(=O)/C(C)=C(\C=C\Sc1ccc(OC)cc1)O[Si](C)(C)C(C)(C)C. The summed E-state index contributed by atoms with van der Waals surface area (Å²) in [5.74, 6) is 0.264. The monoisotopic (exact) mass is 478 g/mol. The maximum atomic E-state index is 12.6. The van der Waals surface area contributed by atoms with E-state index >= 15 is 0 Å². The molecule has 0 bridgehead atoms. The van der Waals surface area contributed by atoms with Crippen molar-refractivity contribution in [2.24, 2.45) is 0 Å². The Hall–Kier alpha value is -2.45. The third kappa shape index (κ3) is 8.96. The average molecular weight is 479 g/mol. The van der Waals surface area contributed by atoms with E-state index in [2.05, 4.69) is 38.6 Å². The fourth-order valence-electron chi connectivity index (χ4n) is 2.04. The summed E-state index contributed by atoms with van der Waals surface area (Å²) in [6, 6.07) is 7.70. The van der Waals surface area contributed by atoms with E-state index < -0.39 is 20.3 Å². The summed E-state index contributed by atoms with van der Waals surface area (Å²) in [6.07, 6.45) is 4.45. The van der Waals surface area contributed by atoms with Gasteiger partial charge in [0.2, 0.25) is 8.32 Å². The molecule has 176 valence electrons. The molecule has 0 radical (unpaired) electrons. The Morgan fingerprint density at radius 3 is 2.22 bits per heavy atom. The van der Waals surface area contributed by atoms with Crippen molar-refractivity contribution in [3.63, 3.8) is 0 Å². The first kappa shape index (κ1) is 27.6. The molecule has 0 atom stereocenters. The second-order valence-electron chi connectivity index (χ2n) is 8.47. The lowest BCUT2D eigenvalue weighted by Gasteiger charge is -2.37. The van der Waals surface area contributed by atoms with Crippen molar-refractivity contribution in [3.8, 4) is 5.75 Å². The Morgan fingerprint density at radius 2 is 1.69 bits per heavy atom. The Morgan fingerprint density at radius 1 is 1.06 bits per heavy atom. The smallest absolute Gasteiger partial charge is 0.337 e. The molecule has 0 heterocycles. The first-order valence-corrected chi connectivity index (χ1v) is 14.0. The van der Waals surface area contributed by atoms with E-state index in [1.807, 2.05) is 29.7 Å². The third-order valence-corrected chi connectivity index (χ3v) is 10.3. The predicted molar refractivity (Wildman–Crippen MR) is 131 cm³/mol. The summed E-state index contributed by atoms with van der Waals surface area (Å²) in [5, 5.41) is 1.85. The molecule has 0 unspecified atom stereocenters. The molecule has 1 rings (SSSR count). The number of hydrogen-bond acceptors (Lipinski definition) is 7. The van der Waals surface area contributed by atoms with Crippen LogP contribution in [-0.4, -0.2) is 41.1 Å². The summed E-state index contributed by atoms with van der Waals surface area (Å²) < 4.78 is 21.4. The highest BCUT2D eigenvalue weighted by atomic mass is 32.2. The number of rotatable bonds is 10. The van der Waals surface area contributed by atoms with Crippen molar-refractivity contribution in [1.82, 2.24) is 0 Å². The largest absolute Gasteiger partial charge is 0.543 e. The molecule has 0 amide bonds. The molecule has 0 N–H and O–H groups in total. The fourth-order valence-corrected chi connectivity index (χ4v) is 3.76. The van der Waals surface area contributed by atoms with Gasteiger partial charge in [-0.3, -0.25) is 0 Å². The van der Waals surface area contributed by atoms with Crippen LogP contribution in [-0.2, 0) is 23.5 Å². The molecule has 6 nitrogen and oxygen atoms in total. The standard InChI is InChI=1S/C24H34O6SSi/c1-18(23(26)29-16-9-10-22(25)28-6)21(30-32(7,8)24(2,3)4)15-17-31-20-13-11-19(27-5)12-14-20/h9-15,17H,16H2,1-8H3/b10-9+,17-15+,21-18+. The van der Waals surface area contributed by atoms with Crippen molar-refractivity contribution < 1.29 is 28.2 Å². The van der Waals surface area contributed by atoms with Gasteiger partial charge < -0.3 is 18.6 Å². The van der Waals surface area contributed by atoms with Crippen LogP contribution in [0.5, 0.6) is 5.75 Å². The lowest BCUT2D eigenvalue weighted by atomic mass is 10.2. The lowest BCUT2D eigenvalue weighted by molar-refractivity contribution is -0.138. The molecule has 0 aliphatic carbocycles. The van der Waals surface area contributed by atoms with Crippen molar-refractivity contribution >= 4 is 32.0 Å². The zero-order valence-corrected chi connectivity index (χ0v) is 22.0. The Kier molecular flexibility index (Phi) is 10.8.